The summed E-state index contributed by atoms with van der Waals surface area (Å²) >= 11 is 5.89. The first kappa shape index (κ1) is 17.3. The average molecular weight is 347 g/mol. The number of rotatable bonds is 5. The van der Waals surface area contributed by atoms with E-state index in [4.69, 9.17) is 11.6 Å². The summed E-state index contributed by atoms with van der Waals surface area (Å²) in [6.45, 7) is -0.0384. The van der Waals surface area contributed by atoms with Gasteiger partial charge in [0, 0.05) is 13.6 Å². The fraction of sp³-hybridized carbons (Fsp3) is 0.286. The second-order valence-electron chi connectivity index (χ2n) is 4.66. The summed E-state index contributed by atoms with van der Waals surface area (Å²) in [5.74, 6) is 0.346. The van der Waals surface area contributed by atoms with E-state index in [1.54, 1.807) is 7.05 Å². The number of anilines is 2. The van der Waals surface area contributed by atoms with Crippen molar-refractivity contribution in [1.82, 2.24) is 9.97 Å². The lowest BCUT2D eigenvalue weighted by Gasteiger charge is -2.16. The average Bonchev–Trinajstić information content (AvgIpc) is 2.52. The van der Waals surface area contributed by atoms with Crippen molar-refractivity contribution in [2.75, 3.05) is 24.2 Å². The molecule has 23 heavy (non-hydrogen) atoms. The summed E-state index contributed by atoms with van der Waals surface area (Å²) in [6.07, 6.45) is -4.36. The van der Waals surface area contributed by atoms with Gasteiger partial charge in [-0.05, 0) is 17.7 Å². The van der Waals surface area contributed by atoms with Crippen LogP contribution >= 0.6 is 11.6 Å². The monoisotopic (exact) mass is 346 g/mol. The Morgan fingerprint density at radius 1 is 1.30 bits per heavy atom. The number of aliphatic hydroxyl groups is 1. The molecule has 0 bridgehead atoms. The highest BCUT2D eigenvalue weighted by Gasteiger charge is 2.30. The van der Waals surface area contributed by atoms with Crippen LogP contribution in [0.15, 0.2) is 30.6 Å². The lowest BCUT2D eigenvalue weighted by molar-refractivity contribution is -0.137. The first-order valence-electron chi connectivity index (χ1n) is 6.60. The zero-order valence-electron chi connectivity index (χ0n) is 12.0. The van der Waals surface area contributed by atoms with Gasteiger partial charge in [0.25, 0.3) is 0 Å². The fourth-order valence-electron chi connectivity index (χ4n) is 1.95. The van der Waals surface area contributed by atoms with Crippen molar-refractivity contribution in [1.29, 1.82) is 0 Å². The Kier molecular flexibility index (Phi) is 5.27. The van der Waals surface area contributed by atoms with Crippen LogP contribution in [0.4, 0.5) is 24.7 Å². The zero-order chi connectivity index (χ0) is 17.0. The van der Waals surface area contributed by atoms with Crippen LogP contribution in [0.1, 0.15) is 17.2 Å². The Balaban J connectivity index is 2.11. The van der Waals surface area contributed by atoms with Crippen LogP contribution in [0.5, 0.6) is 0 Å². The maximum absolute atomic E-state index is 12.7. The third-order valence-corrected chi connectivity index (χ3v) is 3.40. The summed E-state index contributed by atoms with van der Waals surface area (Å²) in [7, 11) is 1.62. The third-order valence-electron chi connectivity index (χ3n) is 3.11. The van der Waals surface area contributed by atoms with E-state index in [1.807, 2.05) is 0 Å². The lowest BCUT2D eigenvalue weighted by Crippen LogP contribution is -2.15. The van der Waals surface area contributed by atoms with Crippen molar-refractivity contribution in [3.63, 3.8) is 0 Å². The number of aromatic nitrogens is 2. The minimum Gasteiger partial charge on any atom is -0.387 e. The highest BCUT2D eigenvalue weighted by molar-refractivity contribution is 6.32. The number of nitrogens with one attached hydrogen (secondary N) is 2. The predicted octanol–water partition coefficient (Wildman–Crippen LogP) is 3.34. The maximum atomic E-state index is 12.7. The van der Waals surface area contributed by atoms with Gasteiger partial charge in [-0.15, -0.1) is 0 Å². The van der Waals surface area contributed by atoms with Gasteiger partial charge in [-0.1, -0.05) is 23.7 Å². The van der Waals surface area contributed by atoms with Gasteiger partial charge in [-0.25, -0.2) is 9.97 Å². The van der Waals surface area contributed by atoms with Crippen molar-refractivity contribution in [3.05, 3.63) is 46.9 Å². The molecule has 1 heterocycles. The van der Waals surface area contributed by atoms with E-state index in [-0.39, 0.29) is 17.3 Å². The van der Waals surface area contributed by atoms with Crippen LogP contribution in [0, 0.1) is 0 Å². The molecule has 2 rings (SSSR count). The van der Waals surface area contributed by atoms with Gasteiger partial charge in [0.05, 0.1) is 11.7 Å². The minimum absolute atomic E-state index is 0.0384. The first-order chi connectivity index (χ1) is 10.8. The second-order valence-corrected chi connectivity index (χ2v) is 5.02. The molecule has 1 aromatic carbocycles. The molecule has 0 aliphatic rings. The molecule has 0 aliphatic carbocycles. The molecule has 9 heteroatoms. The maximum Gasteiger partial charge on any atom is 0.416 e. The van der Waals surface area contributed by atoms with E-state index < -0.39 is 17.8 Å². The number of nitrogens with zero attached hydrogens (tertiary/aromatic N) is 2. The smallest absolute Gasteiger partial charge is 0.387 e. The number of aliphatic hydroxyl groups excluding tert-OH is 1. The molecule has 3 N–H and O–H groups in total. The zero-order valence-corrected chi connectivity index (χ0v) is 12.8. The van der Waals surface area contributed by atoms with Crippen LogP contribution in [0.3, 0.4) is 0 Å². The van der Waals surface area contributed by atoms with E-state index in [2.05, 4.69) is 20.6 Å². The van der Waals surface area contributed by atoms with Gasteiger partial charge in [-0.2, -0.15) is 13.2 Å². The lowest BCUT2D eigenvalue weighted by atomic mass is 10.1. The van der Waals surface area contributed by atoms with Crippen molar-refractivity contribution in [2.24, 2.45) is 0 Å². The molecule has 124 valence electrons. The number of benzene rings is 1. The number of alkyl halides is 3. The van der Waals surface area contributed by atoms with E-state index in [0.717, 1.165) is 12.1 Å². The van der Waals surface area contributed by atoms with E-state index in [9.17, 15) is 18.3 Å². The van der Waals surface area contributed by atoms with Crippen molar-refractivity contribution < 1.29 is 18.3 Å². The Morgan fingerprint density at radius 3 is 2.70 bits per heavy atom. The number of halogens is 4. The highest BCUT2D eigenvalue weighted by Crippen LogP contribution is 2.31. The van der Waals surface area contributed by atoms with E-state index in [1.165, 1.54) is 18.5 Å². The Bertz CT molecular complexity index is 681. The standard InChI is InChI=1S/C14H14ClF3N4O/c1-19-11-12(15)21-7-22-13(11)20-6-10(23)8-3-2-4-9(5-8)14(16,17)18/h2-5,7,10,19,23H,6H2,1H3,(H,20,21,22). The fourth-order valence-corrected chi connectivity index (χ4v) is 2.18. The quantitative estimate of drug-likeness (QED) is 0.724. The first-order valence-corrected chi connectivity index (χ1v) is 6.98. The molecule has 0 aliphatic heterocycles. The minimum atomic E-state index is -4.46. The van der Waals surface area contributed by atoms with Crippen LogP contribution < -0.4 is 10.6 Å². The summed E-state index contributed by atoms with van der Waals surface area (Å²) in [5.41, 5.74) is -0.223. The summed E-state index contributed by atoms with van der Waals surface area (Å²) < 4.78 is 38.1. The van der Waals surface area contributed by atoms with E-state index in [0.29, 0.717) is 11.5 Å². The van der Waals surface area contributed by atoms with Crippen LogP contribution in [-0.4, -0.2) is 28.7 Å². The normalized spacial score (nSPS) is 12.8. The summed E-state index contributed by atoms with van der Waals surface area (Å²) in [4.78, 5) is 7.77. The predicted molar refractivity (Wildman–Crippen MR) is 81.5 cm³/mol. The molecule has 0 saturated carbocycles. The Morgan fingerprint density at radius 2 is 2.04 bits per heavy atom. The molecule has 5 nitrogen and oxygen atoms in total. The highest BCUT2D eigenvalue weighted by atomic mass is 35.5. The summed E-state index contributed by atoms with van der Waals surface area (Å²) in [5, 5.41) is 15.9. The van der Waals surface area contributed by atoms with Crippen LogP contribution in [0.25, 0.3) is 0 Å². The van der Waals surface area contributed by atoms with Gasteiger partial charge in [0.2, 0.25) is 0 Å². The molecule has 1 aromatic heterocycles. The van der Waals surface area contributed by atoms with Gasteiger partial charge in [0.1, 0.15) is 12.0 Å². The Hall–Kier alpha value is -2.06. The number of hydrogen-bond acceptors (Lipinski definition) is 5. The van der Waals surface area contributed by atoms with Gasteiger partial charge < -0.3 is 15.7 Å². The molecule has 1 atom stereocenters. The van der Waals surface area contributed by atoms with E-state index >= 15 is 0 Å². The molecule has 0 spiro atoms. The molecule has 2 aromatic rings. The van der Waals surface area contributed by atoms with Gasteiger partial charge >= 0.3 is 6.18 Å². The molecular formula is C14H14ClF3N4O. The molecule has 0 radical (unpaired) electrons. The molecule has 0 saturated heterocycles. The molecule has 1 unspecified atom stereocenters. The largest absolute Gasteiger partial charge is 0.416 e. The van der Waals surface area contributed by atoms with Gasteiger partial charge in [0.15, 0.2) is 11.0 Å². The van der Waals surface area contributed by atoms with Crippen molar-refractivity contribution in [3.8, 4) is 0 Å². The molecule has 0 amide bonds. The van der Waals surface area contributed by atoms with Gasteiger partial charge in [-0.3, -0.25) is 0 Å². The molecule has 0 fully saturated rings. The van der Waals surface area contributed by atoms with Crippen LogP contribution in [-0.2, 0) is 6.18 Å². The molecular weight excluding hydrogens is 333 g/mol. The topological polar surface area (TPSA) is 70.1 Å². The van der Waals surface area contributed by atoms with Crippen molar-refractivity contribution >= 4 is 23.1 Å². The number of hydrogen-bond donors (Lipinski definition) is 3. The van der Waals surface area contributed by atoms with Crippen molar-refractivity contribution in [2.45, 2.75) is 12.3 Å². The second kappa shape index (κ2) is 7.01. The van der Waals surface area contributed by atoms with Crippen LogP contribution in [0.2, 0.25) is 5.15 Å². The summed E-state index contributed by atoms with van der Waals surface area (Å²) in [6, 6.07) is 4.54. The Labute approximate surface area is 135 Å². The third kappa shape index (κ3) is 4.23. The SMILES string of the molecule is CNc1c(Cl)ncnc1NCC(O)c1cccc(C(F)(F)F)c1.